The zero-order chi connectivity index (χ0) is 17.4. The second kappa shape index (κ2) is 8.83. The number of hydrogen-bond donors (Lipinski definition) is 4. The maximum absolute atomic E-state index is 11.6. The van der Waals surface area contributed by atoms with Crippen LogP contribution in [0.25, 0.3) is 0 Å². The van der Waals surface area contributed by atoms with Gasteiger partial charge in [0.25, 0.3) is 0 Å². The predicted octanol–water partition coefficient (Wildman–Crippen LogP) is -0.507. The lowest BCUT2D eigenvalue weighted by atomic mass is 10.1. The highest BCUT2D eigenvalue weighted by molar-refractivity contribution is 5.83. The van der Waals surface area contributed by atoms with Crippen molar-refractivity contribution in [3.05, 3.63) is 35.9 Å². The summed E-state index contributed by atoms with van der Waals surface area (Å²) in [4.78, 5) is 32.9. The lowest BCUT2D eigenvalue weighted by Crippen LogP contribution is -2.42. The SMILES string of the molecule is N[C@@H](CC(=O)OCO[C@@H](C(=O)O)[C@@H](O)C(=O)O)c1ccccc1. The van der Waals surface area contributed by atoms with E-state index in [0.29, 0.717) is 0 Å². The number of carbonyl (C=O) groups excluding carboxylic acids is 1. The number of aliphatic hydroxyl groups is 1. The van der Waals surface area contributed by atoms with Gasteiger partial charge in [-0.15, -0.1) is 0 Å². The van der Waals surface area contributed by atoms with Gasteiger partial charge in [-0.25, -0.2) is 9.59 Å². The summed E-state index contributed by atoms with van der Waals surface area (Å²) < 4.78 is 9.21. The van der Waals surface area contributed by atoms with Gasteiger partial charge in [-0.2, -0.15) is 0 Å². The molecule has 0 bridgehead atoms. The van der Waals surface area contributed by atoms with E-state index in [0.717, 1.165) is 5.56 Å². The second-order valence-electron chi connectivity index (χ2n) is 4.56. The van der Waals surface area contributed by atoms with Crippen molar-refractivity contribution in [3.63, 3.8) is 0 Å². The van der Waals surface area contributed by atoms with Crippen LogP contribution in [0.4, 0.5) is 0 Å². The highest BCUT2D eigenvalue weighted by atomic mass is 16.7. The van der Waals surface area contributed by atoms with Crippen LogP contribution in [0.2, 0.25) is 0 Å². The number of nitrogens with two attached hydrogens (primary N) is 1. The summed E-state index contributed by atoms with van der Waals surface area (Å²) in [6.07, 6.45) is -4.51. The van der Waals surface area contributed by atoms with Crippen molar-refractivity contribution in [2.24, 2.45) is 5.73 Å². The number of carboxylic acid groups (broad SMARTS) is 2. The first kappa shape index (κ1) is 18.6. The van der Waals surface area contributed by atoms with Crippen LogP contribution < -0.4 is 5.73 Å². The van der Waals surface area contributed by atoms with Gasteiger partial charge in [0.2, 0.25) is 0 Å². The van der Waals surface area contributed by atoms with Crippen molar-refractivity contribution >= 4 is 17.9 Å². The van der Waals surface area contributed by atoms with E-state index < -0.39 is 43.0 Å². The molecule has 0 saturated carbocycles. The van der Waals surface area contributed by atoms with Crippen molar-refractivity contribution in [1.29, 1.82) is 0 Å². The Morgan fingerprint density at radius 2 is 1.70 bits per heavy atom. The molecule has 0 unspecified atom stereocenters. The molecule has 9 nitrogen and oxygen atoms in total. The van der Waals surface area contributed by atoms with Gasteiger partial charge in [-0.05, 0) is 5.56 Å². The molecule has 1 aromatic rings. The highest BCUT2D eigenvalue weighted by Crippen LogP contribution is 2.14. The van der Waals surface area contributed by atoms with Crippen molar-refractivity contribution in [3.8, 4) is 0 Å². The van der Waals surface area contributed by atoms with Crippen LogP contribution in [0.1, 0.15) is 18.0 Å². The minimum Gasteiger partial charge on any atom is -0.479 e. The minimum absolute atomic E-state index is 0.174. The van der Waals surface area contributed by atoms with Crippen LogP contribution in [0, 0.1) is 0 Å². The maximum atomic E-state index is 11.6. The molecule has 0 aromatic heterocycles. The van der Waals surface area contributed by atoms with E-state index in [2.05, 4.69) is 9.47 Å². The third kappa shape index (κ3) is 6.02. The number of ether oxygens (including phenoxy) is 2. The number of esters is 1. The average molecular weight is 327 g/mol. The number of aliphatic carboxylic acids is 2. The molecule has 1 rings (SSSR count). The fourth-order valence-electron chi connectivity index (χ4n) is 1.66. The Morgan fingerprint density at radius 1 is 1.09 bits per heavy atom. The summed E-state index contributed by atoms with van der Waals surface area (Å²) in [5.74, 6) is -4.22. The zero-order valence-electron chi connectivity index (χ0n) is 12.0. The van der Waals surface area contributed by atoms with Crippen molar-refractivity contribution < 1.29 is 39.2 Å². The summed E-state index contributed by atoms with van der Waals surface area (Å²) >= 11 is 0. The molecule has 1 aromatic carbocycles. The standard InChI is InChI=1S/C14H17NO8/c15-9(8-4-2-1-3-5-8)6-10(16)22-7-23-12(14(20)21)11(17)13(18)19/h1-5,9,11-12,17H,6-7,15H2,(H,18,19)(H,20,21)/t9-,11+,12+/m0/s1. The molecule has 126 valence electrons. The largest absolute Gasteiger partial charge is 0.479 e. The van der Waals surface area contributed by atoms with Crippen LogP contribution in [-0.2, 0) is 23.9 Å². The Morgan fingerprint density at radius 3 is 2.22 bits per heavy atom. The number of carboxylic acids is 2. The molecule has 23 heavy (non-hydrogen) atoms. The summed E-state index contributed by atoms with van der Waals surface area (Å²) in [5, 5.41) is 26.4. The van der Waals surface area contributed by atoms with E-state index in [-0.39, 0.29) is 6.42 Å². The van der Waals surface area contributed by atoms with Crippen LogP contribution >= 0.6 is 0 Å². The van der Waals surface area contributed by atoms with Gasteiger partial charge >= 0.3 is 17.9 Å². The van der Waals surface area contributed by atoms with Crippen molar-refractivity contribution in [2.45, 2.75) is 24.7 Å². The molecule has 0 amide bonds. The Labute approximate surface area is 131 Å². The minimum atomic E-state index is -2.28. The lowest BCUT2D eigenvalue weighted by molar-refractivity contribution is -0.187. The fraction of sp³-hybridized carbons (Fsp3) is 0.357. The van der Waals surface area contributed by atoms with Gasteiger partial charge in [0.1, 0.15) is 0 Å². The summed E-state index contributed by atoms with van der Waals surface area (Å²) in [6, 6.07) is 8.17. The van der Waals surface area contributed by atoms with Crippen LogP contribution in [0.3, 0.4) is 0 Å². The Balaban J connectivity index is 2.43. The van der Waals surface area contributed by atoms with Gasteiger partial charge in [0.05, 0.1) is 6.42 Å². The highest BCUT2D eigenvalue weighted by Gasteiger charge is 2.33. The monoisotopic (exact) mass is 327 g/mol. The van der Waals surface area contributed by atoms with E-state index in [1.807, 2.05) is 0 Å². The maximum Gasteiger partial charge on any atom is 0.336 e. The molecule has 0 fully saturated rings. The van der Waals surface area contributed by atoms with Gasteiger partial charge in [0.15, 0.2) is 19.0 Å². The predicted molar refractivity (Wildman–Crippen MR) is 75.1 cm³/mol. The second-order valence-corrected chi connectivity index (χ2v) is 4.56. The van der Waals surface area contributed by atoms with E-state index >= 15 is 0 Å². The van der Waals surface area contributed by atoms with E-state index in [4.69, 9.17) is 21.1 Å². The molecule has 0 aliphatic rings. The molecule has 5 N–H and O–H groups in total. The third-order valence-electron chi connectivity index (χ3n) is 2.86. The first-order valence-electron chi connectivity index (χ1n) is 6.54. The van der Waals surface area contributed by atoms with E-state index in [1.165, 1.54) is 0 Å². The first-order valence-corrected chi connectivity index (χ1v) is 6.54. The van der Waals surface area contributed by atoms with Gasteiger partial charge in [-0.1, -0.05) is 30.3 Å². The molecular formula is C14H17NO8. The van der Waals surface area contributed by atoms with Crippen molar-refractivity contribution in [2.75, 3.05) is 6.79 Å². The molecule has 0 aliphatic heterocycles. The van der Waals surface area contributed by atoms with Crippen LogP contribution in [0.5, 0.6) is 0 Å². The average Bonchev–Trinajstić information content (AvgIpc) is 2.51. The summed E-state index contributed by atoms with van der Waals surface area (Å²) in [7, 11) is 0. The number of benzene rings is 1. The Hall–Kier alpha value is -2.49. The number of rotatable bonds is 9. The molecule has 9 heteroatoms. The first-order chi connectivity index (χ1) is 10.8. The number of carbonyl (C=O) groups is 3. The molecule has 0 heterocycles. The lowest BCUT2D eigenvalue weighted by Gasteiger charge is -2.17. The number of aliphatic hydroxyl groups excluding tert-OH is 1. The van der Waals surface area contributed by atoms with E-state index in [9.17, 15) is 14.4 Å². The van der Waals surface area contributed by atoms with Crippen LogP contribution in [-0.4, -0.2) is 52.2 Å². The quantitative estimate of drug-likeness (QED) is 0.346. The summed E-state index contributed by atoms with van der Waals surface area (Å²) in [6.45, 7) is -0.818. The van der Waals surface area contributed by atoms with Gasteiger partial charge < -0.3 is 30.5 Å². The molecular weight excluding hydrogens is 310 g/mol. The fourth-order valence-corrected chi connectivity index (χ4v) is 1.66. The molecule has 3 atom stereocenters. The normalized spacial score (nSPS) is 14.5. The third-order valence-corrected chi connectivity index (χ3v) is 2.86. The van der Waals surface area contributed by atoms with Crippen molar-refractivity contribution in [1.82, 2.24) is 0 Å². The Bertz CT molecular complexity index is 547. The topological polar surface area (TPSA) is 156 Å². The smallest absolute Gasteiger partial charge is 0.336 e. The van der Waals surface area contributed by atoms with E-state index in [1.54, 1.807) is 30.3 Å². The van der Waals surface area contributed by atoms with Crippen LogP contribution in [0.15, 0.2) is 30.3 Å². The van der Waals surface area contributed by atoms with Gasteiger partial charge in [0, 0.05) is 6.04 Å². The zero-order valence-corrected chi connectivity index (χ0v) is 12.0. The Kier molecular flexibility index (Phi) is 7.13. The number of hydrogen-bond acceptors (Lipinski definition) is 7. The molecule has 0 saturated heterocycles. The molecule has 0 radical (unpaired) electrons. The molecule has 0 aliphatic carbocycles. The molecule has 0 spiro atoms. The summed E-state index contributed by atoms with van der Waals surface area (Å²) in [5.41, 5.74) is 6.53. The van der Waals surface area contributed by atoms with Gasteiger partial charge in [-0.3, -0.25) is 4.79 Å².